The predicted octanol–water partition coefficient (Wildman–Crippen LogP) is 1.04. The zero-order valence-corrected chi connectivity index (χ0v) is 19.3. The molecule has 4 rings (SSSR count). The number of piperidine rings is 1. The van der Waals surface area contributed by atoms with Crippen LogP contribution < -0.4 is 5.32 Å². The molecule has 14 heteroatoms. The monoisotopic (exact) mass is 501 g/mol. The second-order valence-corrected chi connectivity index (χ2v) is 9.09. The number of nitrogens with one attached hydrogen (secondary N) is 1. The van der Waals surface area contributed by atoms with Gasteiger partial charge in [0.05, 0.1) is 15.7 Å². The summed E-state index contributed by atoms with van der Waals surface area (Å²) in [5.74, 6) is -9.21. The van der Waals surface area contributed by atoms with Crippen molar-refractivity contribution in [3.8, 4) is 0 Å². The first kappa shape index (κ1) is 26.0. The second-order valence-electron chi connectivity index (χ2n) is 8.66. The Bertz CT molecular complexity index is 1280. The number of amides is 4. The third-order valence-corrected chi connectivity index (χ3v) is 6.40. The van der Waals surface area contributed by atoms with Gasteiger partial charge in [-0.1, -0.05) is 35.9 Å². The molecule has 2 aromatic rings. The summed E-state index contributed by atoms with van der Waals surface area (Å²) in [4.78, 5) is 51.3. The first-order valence-corrected chi connectivity index (χ1v) is 11.0. The molecule has 1 fully saturated rings. The molecule has 0 aliphatic carbocycles. The van der Waals surface area contributed by atoms with Crippen molar-refractivity contribution in [3.63, 3.8) is 0 Å². The van der Waals surface area contributed by atoms with Crippen LogP contribution in [0.5, 0.6) is 0 Å². The summed E-state index contributed by atoms with van der Waals surface area (Å²) in [6, 6.07) is 7.57. The molecule has 1 N–H and O–H groups in total. The summed E-state index contributed by atoms with van der Waals surface area (Å²) >= 11 is 5.71. The molecule has 2 unspecified atom stereocenters. The fraction of sp³-hybridized carbons (Fsp3) is 0.273. The Hall–Kier alpha value is -3.07. The van der Waals surface area contributed by atoms with Crippen LogP contribution in [0.1, 0.15) is 39.4 Å². The number of imide groups is 1. The lowest BCUT2D eigenvalue weighted by atomic mass is 9.49. The molecule has 2 aliphatic rings. The van der Waals surface area contributed by atoms with Crippen molar-refractivity contribution in [1.29, 1.82) is 0 Å². The SMILES string of the molecule is [B]C(NC(=O)C(F)(F)c1ccc(Cl)cc1)c1ccc2c(c1)CN(C1CC([B])([B])C(=O)N([B])C1=O)C2=O. The van der Waals surface area contributed by atoms with Crippen LogP contribution in [0.3, 0.4) is 0 Å². The van der Waals surface area contributed by atoms with Gasteiger partial charge in [0.1, 0.15) is 13.9 Å². The molecular weight excluding hydrogens is 487 g/mol. The van der Waals surface area contributed by atoms with Gasteiger partial charge in [-0.05, 0) is 41.0 Å². The number of hydrogen-bond donors (Lipinski definition) is 1. The maximum absolute atomic E-state index is 14.6. The highest BCUT2D eigenvalue weighted by atomic mass is 35.5. The van der Waals surface area contributed by atoms with Crippen LogP contribution in [0.15, 0.2) is 42.5 Å². The number of fused-ring (bicyclic) bond motifs is 1. The summed E-state index contributed by atoms with van der Waals surface area (Å²) in [5, 5.41) is 0.350. The Labute approximate surface area is 215 Å². The van der Waals surface area contributed by atoms with Crippen molar-refractivity contribution >= 4 is 66.7 Å². The summed E-state index contributed by atoms with van der Waals surface area (Å²) in [5.41, 5.74) is 0.310. The molecule has 2 atom stereocenters. The van der Waals surface area contributed by atoms with E-state index in [4.69, 9.17) is 43.1 Å². The fourth-order valence-electron chi connectivity index (χ4n) is 4.14. The standard InChI is InChI=1S/C22H14B4ClF2N3O4/c23-16(30-19(35)22(28,29)12-2-4-13(27)5-3-12)10-1-6-14-11(7-10)9-31(17(14)33)15-8-21(24,25)20(36)32(26)18(15)34/h1-7,15-16H,8-9H2,(H,30,35). The lowest BCUT2D eigenvalue weighted by molar-refractivity contribution is -0.147. The maximum atomic E-state index is 14.6. The Morgan fingerprint density at radius 3 is 2.42 bits per heavy atom. The van der Waals surface area contributed by atoms with Crippen LogP contribution in [0.4, 0.5) is 8.78 Å². The second kappa shape index (κ2) is 9.10. The van der Waals surface area contributed by atoms with Crippen molar-refractivity contribution in [1.82, 2.24) is 15.0 Å². The van der Waals surface area contributed by atoms with Gasteiger partial charge in [-0.2, -0.15) is 8.78 Å². The molecule has 0 spiro atoms. The van der Waals surface area contributed by atoms with Crippen LogP contribution in [-0.4, -0.2) is 70.9 Å². The minimum Gasteiger partial charge on any atom is -0.352 e. The normalized spacial score (nSPS) is 20.3. The summed E-state index contributed by atoms with van der Waals surface area (Å²) < 4.78 is 29.2. The Morgan fingerprint density at radius 1 is 1.14 bits per heavy atom. The van der Waals surface area contributed by atoms with E-state index in [0.29, 0.717) is 10.4 Å². The molecule has 0 bridgehead atoms. The van der Waals surface area contributed by atoms with Gasteiger partial charge in [0.15, 0.2) is 0 Å². The average molecular weight is 501 g/mol. The Balaban J connectivity index is 1.51. The molecule has 1 saturated heterocycles. The van der Waals surface area contributed by atoms with Gasteiger partial charge < -0.3 is 15.0 Å². The highest BCUT2D eigenvalue weighted by molar-refractivity contribution is 6.54. The Morgan fingerprint density at radius 2 is 1.78 bits per heavy atom. The first-order chi connectivity index (χ1) is 16.7. The van der Waals surface area contributed by atoms with Gasteiger partial charge in [0.25, 0.3) is 11.8 Å². The number of alkyl halides is 2. The third-order valence-electron chi connectivity index (χ3n) is 6.15. The van der Waals surface area contributed by atoms with Crippen LogP contribution in [0.2, 0.25) is 10.2 Å². The van der Waals surface area contributed by atoms with E-state index in [9.17, 15) is 28.0 Å². The molecule has 0 aromatic heterocycles. The molecule has 7 nitrogen and oxygen atoms in total. The van der Waals surface area contributed by atoms with E-state index in [0.717, 1.165) is 17.0 Å². The van der Waals surface area contributed by atoms with E-state index in [1.54, 1.807) is 0 Å². The number of nitrogens with zero attached hydrogens (tertiary/aromatic N) is 2. The van der Waals surface area contributed by atoms with Gasteiger partial charge in [-0.15, -0.1) is 0 Å². The van der Waals surface area contributed by atoms with Gasteiger partial charge in [0.2, 0.25) is 19.8 Å². The minimum absolute atomic E-state index is 0.0852. The van der Waals surface area contributed by atoms with Crippen LogP contribution in [0, 0.1) is 0 Å². The number of halogens is 3. The van der Waals surface area contributed by atoms with E-state index in [1.165, 1.54) is 30.3 Å². The molecular formula is C22H14B4ClF2N3O4. The zero-order chi connectivity index (χ0) is 26.6. The number of carbonyl (C=O) groups is 4. The number of hydrogen-bond acceptors (Lipinski definition) is 4. The van der Waals surface area contributed by atoms with Crippen molar-refractivity contribution in [2.24, 2.45) is 0 Å². The smallest absolute Gasteiger partial charge is 0.349 e. The summed E-state index contributed by atoms with van der Waals surface area (Å²) in [6.07, 6.45) is -0.347. The zero-order valence-electron chi connectivity index (χ0n) is 18.6. The van der Waals surface area contributed by atoms with E-state index in [-0.39, 0.29) is 29.1 Å². The van der Waals surface area contributed by atoms with Gasteiger partial charge in [-0.3, -0.25) is 19.2 Å². The molecule has 2 aromatic carbocycles. The van der Waals surface area contributed by atoms with Crippen LogP contribution >= 0.6 is 11.6 Å². The highest BCUT2D eigenvalue weighted by Gasteiger charge is 2.48. The first-order valence-electron chi connectivity index (χ1n) is 10.6. The van der Waals surface area contributed by atoms with E-state index >= 15 is 0 Å². The Kier molecular flexibility index (Phi) is 6.58. The van der Waals surface area contributed by atoms with Crippen LogP contribution in [0.25, 0.3) is 0 Å². The predicted molar refractivity (Wildman–Crippen MR) is 129 cm³/mol. The van der Waals surface area contributed by atoms with Crippen molar-refractivity contribution in [2.45, 2.75) is 36.1 Å². The summed E-state index contributed by atoms with van der Waals surface area (Å²) in [6.45, 7) is -0.0852. The largest absolute Gasteiger partial charge is 0.352 e. The van der Waals surface area contributed by atoms with Gasteiger partial charge >= 0.3 is 5.92 Å². The number of carbonyl (C=O) groups excluding carboxylic acids is 4. The lowest BCUT2D eigenvalue weighted by Crippen LogP contribution is -2.59. The van der Waals surface area contributed by atoms with E-state index < -0.39 is 52.3 Å². The summed E-state index contributed by atoms with van der Waals surface area (Å²) in [7, 11) is 23.0. The molecule has 4 amide bonds. The van der Waals surface area contributed by atoms with Crippen LogP contribution in [-0.2, 0) is 26.9 Å². The molecule has 2 aliphatic heterocycles. The molecule has 0 saturated carbocycles. The minimum atomic E-state index is -3.88. The molecule has 2 heterocycles. The van der Waals surface area contributed by atoms with Gasteiger partial charge in [-0.25, -0.2) is 0 Å². The molecule has 36 heavy (non-hydrogen) atoms. The molecule has 174 valence electrons. The highest BCUT2D eigenvalue weighted by Crippen LogP contribution is 2.37. The number of rotatable bonds is 5. The van der Waals surface area contributed by atoms with Gasteiger partial charge in [0, 0.05) is 28.6 Å². The third kappa shape index (κ3) is 4.45. The lowest BCUT2D eigenvalue weighted by Gasteiger charge is -2.42. The number of benzene rings is 2. The maximum Gasteiger partial charge on any atom is 0.349 e. The topological polar surface area (TPSA) is 86.8 Å². The van der Waals surface area contributed by atoms with Crippen molar-refractivity contribution in [3.05, 3.63) is 69.7 Å². The van der Waals surface area contributed by atoms with E-state index in [2.05, 4.69) is 5.32 Å². The fourth-order valence-corrected chi connectivity index (χ4v) is 4.26. The van der Waals surface area contributed by atoms with Crippen molar-refractivity contribution in [2.75, 3.05) is 0 Å². The molecule has 8 radical (unpaired) electrons. The van der Waals surface area contributed by atoms with E-state index in [1.807, 2.05) is 0 Å². The van der Waals surface area contributed by atoms with Crippen molar-refractivity contribution < 1.29 is 28.0 Å². The quantitative estimate of drug-likeness (QED) is 0.491. The average Bonchev–Trinajstić information content (AvgIpc) is 3.16.